The van der Waals surface area contributed by atoms with Crippen LogP contribution < -0.4 is 5.32 Å². The third-order valence-electron chi connectivity index (χ3n) is 3.25. The van der Waals surface area contributed by atoms with E-state index in [1.165, 1.54) is 18.2 Å². The topological polar surface area (TPSA) is 49.3 Å². The molecule has 0 heterocycles. The van der Waals surface area contributed by atoms with Gasteiger partial charge in [-0.15, -0.1) is 0 Å². The van der Waals surface area contributed by atoms with Gasteiger partial charge in [0.05, 0.1) is 16.7 Å². The number of rotatable bonds is 6. The minimum Gasteiger partial charge on any atom is -0.391 e. The average molecular weight is 288 g/mol. The fraction of sp³-hybridized carbons (Fsp3) is 0.500. The van der Waals surface area contributed by atoms with Gasteiger partial charge in [0.2, 0.25) is 0 Å². The molecule has 19 heavy (non-hydrogen) atoms. The minimum absolute atomic E-state index is 0.0644. The third kappa shape index (κ3) is 4.18. The highest BCUT2D eigenvalue weighted by Crippen LogP contribution is 2.19. The van der Waals surface area contributed by atoms with Crippen molar-refractivity contribution in [2.45, 2.75) is 32.8 Å². The Hall–Kier alpha value is -1.13. The summed E-state index contributed by atoms with van der Waals surface area (Å²) < 4.78 is 13.5. The fourth-order valence-electron chi connectivity index (χ4n) is 2.00. The summed E-state index contributed by atoms with van der Waals surface area (Å²) in [7, 11) is 0. The van der Waals surface area contributed by atoms with Gasteiger partial charge in [0, 0.05) is 6.54 Å². The van der Waals surface area contributed by atoms with Crippen LogP contribution in [0.25, 0.3) is 0 Å². The highest BCUT2D eigenvalue weighted by Gasteiger charge is 2.19. The summed E-state index contributed by atoms with van der Waals surface area (Å²) in [5.74, 6) is -1.15. The Morgan fingerprint density at radius 2 is 2.05 bits per heavy atom. The van der Waals surface area contributed by atoms with E-state index in [0.717, 1.165) is 12.8 Å². The van der Waals surface area contributed by atoms with Crippen molar-refractivity contribution in [1.82, 2.24) is 5.32 Å². The molecule has 1 amide bonds. The Morgan fingerprint density at radius 3 is 2.58 bits per heavy atom. The maximum absolute atomic E-state index is 13.5. The van der Waals surface area contributed by atoms with Gasteiger partial charge in [-0.1, -0.05) is 44.4 Å². The van der Waals surface area contributed by atoms with Crippen molar-refractivity contribution in [3.05, 3.63) is 34.6 Å². The summed E-state index contributed by atoms with van der Waals surface area (Å²) in [4.78, 5) is 11.8. The number of benzene rings is 1. The first-order valence-electron chi connectivity index (χ1n) is 6.41. The first kappa shape index (κ1) is 15.9. The number of halogens is 2. The normalized spacial score (nSPS) is 12.5. The molecule has 1 rings (SSSR count). The molecule has 0 spiro atoms. The van der Waals surface area contributed by atoms with Gasteiger partial charge >= 0.3 is 0 Å². The van der Waals surface area contributed by atoms with Gasteiger partial charge < -0.3 is 10.4 Å². The van der Waals surface area contributed by atoms with Crippen LogP contribution in [0.5, 0.6) is 0 Å². The lowest BCUT2D eigenvalue weighted by Crippen LogP contribution is -2.36. The summed E-state index contributed by atoms with van der Waals surface area (Å²) in [6, 6.07) is 4.07. The number of aliphatic hydroxyl groups excluding tert-OH is 1. The van der Waals surface area contributed by atoms with E-state index in [0.29, 0.717) is 0 Å². The number of amides is 1. The van der Waals surface area contributed by atoms with Crippen LogP contribution in [0.1, 0.15) is 37.0 Å². The van der Waals surface area contributed by atoms with Crippen LogP contribution >= 0.6 is 11.6 Å². The summed E-state index contributed by atoms with van der Waals surface area (Å²) in [5, 5.41) is 12.5. The lowest BCUT2D eigenvalue weighted by molar-refractivity contribution is 0.0814. The van der Waals surface area contributed by atoms with Crippen molar-refractivity contribution in [3.8, 4) is 0 Å². The smallest absolute Gasteiger partial charge is 0.255 e. The van der Waals surface area contributed by atoms with Crippen molar-refractivity contribution in [3.63, 3.8) is 0 Å². The molecule has 0 aromatic heterocycles. The van der Waals surface area contributed by atoms with E-state index >= 15 is 0 Å². The molecule has 106 valence electrons. The van der Waals surface area contributed by atoms with Gasteiger partial charge in [-0.2, -0.15) is 0 Å². The van der Waals surface area contributed by atoms with Crippen molar-refractivity contribution >= 4 is 17.5 Å². The van der Waals surface area contributed by atoms with Crippen molar-refractivity contribution in [2.75, 3.05) is 6.54 Å². The molecule has 0 aliphatic rings. The number of carbonyl (C=O) groups is 1. The predicted molar refractivity (Wildman–Crippen MR) is 73.8 cm³/mol. The molecule has 1 unspecified atom stereocenters. The van der Waals surface area contributed by atoms with Crippen LogP contribution in [-0.2, 0) is 0 Å². The zero-order valence-corrected chi connectivity index (χ0v) is 11.9. The Kier molecular flexibility index (Phi) is 6.25. The van der Waals surface area contributed by atoms with E-state index in [1.54, 1.807) is 0 Å². The Bertz CT molecular complexity index is 415. The van der Waals surface area contributed by atoms with E-state index in [-0.39, 0.29) is 23.0 Å². The number of nitrogens with one attached hydrogen (secondary N) is 1. The van der Waals surface area contributed by atoms with Crippen LogP contribution in [0.3, 0.4) is 0 Å². The molecule has 0 bridgehead atoms. The molecule has 5 heteroatoms. The van der Waals surface area contributed by atoms with E-state index in [1.807, 2.05) is 13.8 Å². The van der Waals surface area contributed by atoms with Gasteiger partial charge in [0.1, 0.15) is 5.82 Å². The molecule has 1 atom stereocenters. The quantitative estimate of drug-likeness (QED) is 0.845. The minimum atomic E-state index is -0.665. The van der Waals surface area contributed by atoms with Gasteiger partial charge in [-0.3, -0.25) is 4.79 Å². The van der Waals surface area contributed by atoms with E-state index in [9.17, 15) is 14.3 Å². The van der Waals surface area contributed by atoms with Crippen LogP contribution in [0.15, 0.2) is 18.2 Å². The molecule has 0 aliphatic carbocycles. The average Bonchev–Trinajstić information content (AvgIpc) is 2.37. The highest BCUT2D eigenvalue weighted by molar-refractivity contribution is 6.33. The van der Waals surface area contributed by atoms with Crippen molar-refractivity contribution < 1.29 is 14.3 Å². The van der Waals surface area contributed by atoms with Crippen LogP contribution in [0.4, 0.5) is 4.39 Å². The molecular weight excluding hydrogens is 269 g/mol. The molecule has 3 nitrogen and oxygen atoms in total. The number of hydrogen-bond acceptors (Lipinski definition) is 2. The van der Waals surface area contributed by atoms with Crippen LogP contribution in [-0.4, -0.2) is 23.7 Å². The molecule has 0 aliphatic heterocycles. The maximum atomic E-state index is 13.5. The van der Waals surface area contributed by atoms with E-state index in [2.05, 4.69) is 5.32 Å². The molecule has 0 saturated heterocycles. The lowest BCUT2D eigenvalue weighted by atomic mass is 9.96. The first-order valence-corrected chi connectivity index (χ1v) is 6.79. The maximum Gasteiger partial charge on any atom is 0.255 e. The molecule has 0 radical (unpaired) electrons. The summed E-state index contributed by atoms with van der Waals surface area (Å²) >= 11 is 5.79. The number of carbonyl (C=O) groups excluding carboxylic acids is 1. The molecule has 0 fully saturated rings. The summed E-state index contributed by atoms with van der Waals surface area (Å²) in [6.07, 6.45) is 1.02. The molecule has 1 aromatic rings. The van der Waals surface area contributed by atoms with E-state index < -0.39 is 17.8 Å². The predicted octanol–water partition coefficient (Wildman–Crippen LogP) is 3.01. The van der Waals surface area contributed by atoms with Gasteiger partial charge in [0.25, 0.3) is 5.91 Å². The van der Waals surface area contributed by atoms with Crippen molar-refractivity contribution in [2.24, 2.45) is 5.92 Å². The molecule has 2 N–H and O–H groups in total. The molecular formula is C14H19ClFNO2. The SMILES string of the molecule is CCC(CC)C(O)CNC(=O)c1c(F)cccc1Cl. The highest BCUT2D eigenvalue weighted by atomic mass is 35.5. The third-order valence-corrected chi connectivity index (χ3v) is 3.57. The van der Waals surface area contributed by atoms with E-state index in [4.69, 9.17) is 11.6 Å². The van der Waals surface area contributed by atoms with Gasteiger partial charge in [0.15, 0.2) is 0 Å². The number of hydrogen-bond donors (Lipinski definition) is 2. The largest absolute Gasteiger partial charge is 0.391 e. The molecule has 0 saturated carbocycles. The van der Waals surface area contributed by atoms with Crippen LogP contribution in [0, 0.1) is 11.7 Å². The standard InChI is InChI=1S/C14H19ClFNO2/c1-3-9(4-2)12(18)8-17-14(19)13-10(15)6-5-7-11(13)16/h5-7,9,12,18H,3-4,8H2,1-2H3,(H,17,19). The number of aliphatic hydroxyl groups is 1. The van der Waals surface area contributed by atoms with Gasteiger partial charge in [-0.05, 0) is 18.1 Å². The first-order chi connectivity index (χ1) is 9.01. The second-order valence-corrected chi connectivity index (χ2v) is 4.86. The zero-order chi connectivity index (χ0) is 14.4. The Balaban J connectivity index is 2.66. The van der Waals surface area contributed by atoms with Crippen molar-refractivity contribution in [1.29, 1.82) is 0 Å². The van der Waals surface area contributed by atoms with Crippen LogP contribution in [0.2, 0.25) is 5.02 Å². The van der Waals surface area contributed by atoms with Gasteiger partial charge in [-0.25, -0.2) is 4.39 Å². The second-order valence-electron chi connectivity index (χ2n) is 4.45. The lowest BCUT2D eigenvalue weighted by Gasteiger charge is -2.20. The Labute approximate surface area is 117 Å². The zero-order valence-electron chi connectivity index (χ0n) is 11.1. The summed E-state index contributed by atoms with van der Waals surface area (Å²) in [6.45, 7) is 4.05. The summed E-state index contributed by atoms with van der Waals surface area (Å²) in [5.41, 5.74) is -0.180. The Morgan fingerprint density at radius 1 is 1.42 bits per heavy atom. The second kappa shape index (κ2) is 7.46. The molecule has 1 aromatic carbocycles. The monoisotopic (exact) mass is 287 g/mol. The fourth-order valence-corrected chi connectivity index (χ4v) is 2.25.